The smallest absolute Gasteiger partial charge is 0.0774 e. The first-order chi connectivity index (χ1) is 7.08. The third-order valence-electron chi connectivity index (χ3n) is 1.95. The van der Waals surface area contributed by atoms with Crippen LogP contribution in [0.5, 0.6) is 0 Å². The molecule has 1 rings (SSSR count). The standard InChI is InChI=1S/C14H18O/c1-14(2,15)12-8-4-7-11-13-9-5-3-6-10-13/h3-10,12,15H,11H2,1-2H3. The molecule has 15 heavy (non-hydrogen) atoms. The molecule has 0 radical (unpaired) electrons. The third-order valence-corrected chi connectivity index (χ3v) is 1.95. The van der Waals surface area contributed by atoms with Gasteiger partial charge in [0.25, 0.3) is 0 Å². The largest absolute Gasteiger partial charge is 0.386 e. The maximum Gasteiger partial charge on any atom is 0.0774 e. The van der Waals surface area contributed by atoms with E-state index in [2.05, 4.69) is 18.2 Å². The Morgan fingerprint density at radius 3 is 2.40 bits per heavy atom. The van der Waals surface area contributed by atoms with E-state index in [-0.39, 0.29) is 0 Å². The number of hydrogen-bond acceptors (Lipinski definition) is 1. The molecule has 1 aromatic carbocycles. The number of rotatable bonds is 4. The van der Waals surface area contributed by atoms with Crippen molar-refractivity contribution in [3.05, 3.63) is 60.2 Å². The predicted molar refractivity (Wildman–Crippen MR) is 64.7 cm³/mol. The first-order valence-corrected chi connectivity index (χ1v) is 5.18. The van der Waals surface area contributed by atoms with Gasteiger partial charge in [0.2, 0.25) is 0 Å². The minimum absolute atomic E-state index is 0.725. The van der Waals surface area contributed by atoms with Crippen LogP contribution in [0.4, 0.5) is 0 Å². The lowest BCUT2D eigenvalue weighted by atomic mass is 10.1. The van der Waals surface area contributed by atoms with E-state index in [9.17, 15) is 5.11 Å². The van der Waals surface area contributed by atoms with Crippen LogP contribution >= 0.6 is 0 Å². The number of aliphatic hydroxyl groups is 1. The van der Waals surface area contributed by atoms with E-state index < -0.39 is 5.60 Å². The van der Waals surface area contributed by atoms with E-state index in [0.717, 1.165) is 6.42 Å². The maximum atomic E-state index is 9.41. The lowest BCUT2D eigenvalue weighted by Crippen LogP contribution is -2.13. The highest BCUT2D eigenvalue weighted by Gasteiger charge is 2.03. The van der Waals surface area contributed by atoms with E-state index in [4.69, 9.17) is 0 Å². The van der Waals surface area contributed by atoms with Crippen molar-refractivity contribution < 1.29 is 5.11 Å². The Bertz CT molecular complexity index is 328. The van der Waals surface area contributed by atoms with Gasteiger partial charge >= 0.3 is 0 Å². The van der Waals surface area contributed by atoms with E-state index >= 15 is 0 Å². The molecule has 0 saturated heterocycles. The van der Waals surface area contributed by atoms with E-state index in [0.29, 0.717) is 0 Å². The second kappa shape index (κ2) is 5.52. The van der Waals surface area contributed by atoms with Gasteiger partial charge in [0.1, 0.15) is 0 Å². The summed E-state index contributed by atoms with van der Waals surface area (Å²) in [4.78, 5) is 0. The van der Waals surface area contributed by atoms with E-state index in [1.54, 1.807) is 19.9 Å². The molecule has 0 unspecified atom stereocenters. The van der Waals surface area contributed by atoms with Crippen LogP contribution < -0.4 is 0 Å². The Kier molecular flexibility index (Phi) is 4.32. The van der Waals surface area contributed by atoms with Crippen LogP contribution in [0.3, 0.4) is 0 Å². The topological polar surface area (TPSA) is 20.2 Å². The Balaban J connectivity index is 2.38. The quantitative estimate of drug-likeness (QED) is 0.744. The normalized spacial score (nSPS) is 12.7. The lowest BCUT2D eigenvalue weighted by molar-refractivity contribution is 0.133. The van der Waals surface area contributed by atoms with Gasteiger partial charge in [0.05, 0.1) is 5.60 Å². The molecule has 1 aromatic rings. The third kappa shape index (κ3) is 5.87. The van der Waals surface area contributed by atoms with Gasteiger partial charge in [0.15, 0.2) is 0 Å². The van der Waals surface area contributed by atoms with Crippen molar-refractivity contribution in [1.29, 1.82) is 0 Å². The molecule has 0 heterocycles. The summed E-state index contributed by atoms with van der Waals surface area (Å²) in [5.74, 6) is 0. The first-order valence-electron chi connectivity index (χ1n) is 5.18. The van der Waals surface area contributed by atoms with Crippen LogP contribution in [0.25, 0.3) is 0 Å². The average Bonchev–Trinajstić information content (AvgIpc) is 2.17. The number of allylic oxidation sites excluding steroid dienone is 3. The molecule has 0 fully saturated rings. The molecule has 0 spiro atoms. The van der Waals surface area contributed by atoms with Gasteiger partial charge < -0.3 is 5.11 Å². The van der Waals surface area contributed by atoms with Gasteiger partial charge in [-0.25, -0.2) is 0 Å². The summed E-state index contributed by atoms with van der Waals surface area (Å²) in [6, 6.07) is 10.3. The summed E-state index contributed by atoms with van der Waals surface area (Å²) in [5, 5.41) is 9.41. The van der Waals surface area contributed by atoms with Gasteiger partial charge in [-0.1, -0.05) is 54.6 Å². The lowest BCUT2D eigenvalue weighted by Gasteiger charge is -2.08. The molecule has 1 nitrogen and oxygen atoms in total. The minimum atomic E-state index is -0.725. The average molecular weight is 202 g/mol. The molecular formula is C14H18O. The Morgan fingerprint density at radius 1 is 1.13 bits per heavy atom. The van der Waals surface area contributed by atoms with Crippen molar-refractivity contribution in [3.8, 4) is 0 Å². The Hall–Kier alpha value is -1.34. The first kappa shape index (κ1) is 11.7. The Labute approximate surface area is 91.8 Å². The zero-order chi connectivity index (χ0) is 11.1. The van der Waals surface area contributed by atoms with E-state index in [1.165, 1.54) is 5.56 Å². The van der Waals surface area contributed by atoms with Crippen LogP contribution in [0.1, 0.15) is 19.4 Å². The SMILES string of the molecule is CC(C)(O)C=CC=CCc1ccccc1. The summed E-state index contributed by atoms with van der Waals surface area (Å²) in [6.45, 7) is 3.52. The molecular weight excluding hydrogens is 184 g/mol. The molecule has 1 heteroatoms. The summed E-state index contributed by atoms with van der Waals surface area (Å²) in [5.41, 5.74) is 0.572. The van der Waals surface area contributed by atoms with Gasteiger partial charge in [-0.15, -0.1) is 0 Å². The second-order valence-electron chi connectivity index (χ2n) is 4.13. The van der Waals surface area contributed by atoms with Gasteiger partial charge in [-0.2, -0.15) is 0 Å². The van der Waals surface area contributed by atoms with Crippen molar-refractivity contribution in [3.63, 3.8) is 0 Å². The molecule has 0 atom stereocenters. The van der Waals surface area contributed by atoms with Gasteiger partial charge in [-0.05, 0) is 25.8 Å². The van der Waals surface area contributed by atoms with Crippen LogP contribution in [-0.4, -0.2) is 10.7 Å². The monoisotopic (exact) mass is 202 g/mol. The maximum absolute atomic E-state index is 9.41. The van der Waals surface area contributed by atoms with Crippen molar-refractivity contribution in [2.24, 2.45) is 0 Å². The molecule has 0 amide bonds. The summed E-state index contributed by atoms with van der Waals surface area (Å²) in [7, 11) is 0. The highest BCUT2D eigenvalue weighted by atomic mass is 16.3. The molecule has 0 aromatic heterocycles. The van der Waals surface area contributed by atoms with Crippen molar-refractivity contribution in [2.75, 3.05) is 0 Å². The van der Waals surface area contributed by atoms with E-state index in [1.807, 2.05) is 30.4 Å². The van der Waals surface area contributed by atoms with Crippen LogP contribution in [0.15, 0.2) is 54.6 Å². The highest BCUT2D eigenvalue weighted by molar-refractivity contribution is 5.19. The zero-order valence-corrected chi connectivity index (χ0v) is 9.35. The molecule has 0 aliphatic heterocycles. The highest BCUT2D eigenvalue weighted by Crippen LogP contribution is 2.03. The fraction of sp³-hybridized carbons (Fsp3) is 0.286. The fourth-order valence-corrected chi connectivity index (χ4v) is 1.19. The Morgan fingerprint density at radius 2 is 1.80 bits per heavy atom. The van der Waals surface area contributed by atoms with Crippen molar-refractivity contribution >= 4 is 0 Å². The predicted octanol–water partition coefficient (Wildman–Crippen LogP) is 3.11. The molecule has 0 bridgehead atoms. The van der Waals surface area contributed by atoms with Crippen LogP contribution in [-0.2, 0) is 6.42 Å². The van der Waals surface area contributed by atoms with Crippen LogP contribution in [0, 0.1) is 0 Å². The second-order valence-corrected chi connectivity index (χ2v) is 4.13. The molecule has 1 N–H and O–H groups in total. The number of hydrogen-bond donors (Lipinski definition) is 1. The molecule has 0 saturated carbocycles. The van der Waals surface area contributed by atoms with Crippen molar-refractivity contribution in [1.82, 2.24) is 0 Å². The van der Waals surface area contributed by atoms with Crippen molar-refractivity contribution in [2.45, 2.75) is 25.9 Å². The van der Waals surface area contributed by atoms with Crippen LogP contribution in [0.2, 0.25) is 0 Å². The molecule has 0 aliphatic rings. The molecule has 0 aliphatic carbocycles. The minimum Gasteiger partial charge on any atom is -0.386 e. The zero-order valence-electron chi connectivity index (χ0n) is 9.35. The summed E-state index contributed by atoms with van der Waals surface area (Å²) < 4.78 is 0. The molecule has 80 valence electrons. The number of benzene rings is 1. The van der Waals surface area contributed by atoms with Gasteiger partial charge in [-0.3, -0.25) is 0 Å². The summed E-state index contributed by atoms with van der Waals surface area (Å²) in [6.07, 6.45) is 8.62. The van der Waals surface area contributed by atoms with Gasteiger partial charge in [0, 0.05) is 0 Å². The summed E-state index contributed by atoms with van der Waals surface area (Å²) >= 11 is 0. The fourth-order valence-electron chi connectivity index (χ4n) is 1.19.